The van der Waals surface area contributed by atoms with Crippen LogP contribution in [0.5, 0.6) is 0 Å². The summed E-state index contributed by atoms with van der Waals surface area (Å²) in [4.78, 5) is 24.1. The zero-order chi connectivity index (χ0) is 18.6. The molecule has 1 aromatic carbocycles. The molecule has 0 radical (unpaired) electrons. The number of carbonyl (C=O) groups is 2. The molecule has 5 nitrogen and oxygen atoms in total. The number of amides is 1. The third kappa shape index (κ3) is 4.20. The standard InChI is InChI=1S/C17H12Cl2N2O3S/c1-9-11(8-20)16(25-15(9)17(23)24-2)21-14(22)7-6-10-12(18)4-3-5-13(10)19/h3-7H,1-2H3,(H,21,22). The molecule has 0 unspecified atom stereocenters. The normalized spacial score (nSPS) is 10.5. The van der Waals surface area contributed by atoms with Crippen molar-refractivity contribution < 1.29 is 14.3 Å². The number of nitrogens with zero attached hydrogens (tertiary/aromatic N) is 1. The zero-order valence-electron chi connectivity index (χ0n) is 13.2. The van der Waals surface area contributed by atoms with E-state index in [1.54, 1.807) is 25.1 Å². The molecule has 1 N–H and O–H groups in total. The van der Waals surface area contributed by atoms with Gasteiger partial charge in [-0.2, -0.15) is 5.26 Å². The second-order valence-electron chi connectivity index (χ2n) is 4.82. The van der Waals surface area contributed by atoms with E-state index in [1.165, 1.54) is 19.3 Å². The highest BCUT2D eigenvalue weighted by Crippen LogP contribution is 2.33. The Bertz CT molecular complexity index is 893. The summed E-state index contributed by atoms with van der Waals surface area (Å²) >= 11 is 13.1. The van der Waals surface area contributed by atoms with Gasteiger partial charge in [-0.1, -0.05) is 29.3 Å². The van der Waals surface area contributed by atoms with Crippen molar-refractivity contribution in [1.29, 1.82) is 5.26 Å². The van der Waals surface area contributed by atoms with Gasteiger partial charge in [0.05, 0.1) is 12.7 Å². The molecule has 0 atom stereocenters. The molecule has 0 spiro atoms. The van der Waals surface area contributed by atoms with E-state index in [9.17, 15) is 14.9 Å². The van der Waals surface area contributed by atoms with Gasteiger partial charge in [-0.05, 0) is 30.7 Å². The number of rotatable bonds is 4. The molecule has 0 fully saturated rings. The molecule has 0 aliphatic rings. The van der Waals surface area contributed by atoms with Gasteiger partial charge < -0.3 is 10.1 Å². The topological polar surface area (TPSA) is 79.2 Å². The molecule has 0 bridgehead atoms. The Morgan fingerprint density at radius 1 is 1.32 bits per heavy atom. The van der Waals surface area contributed by atoms with Crippen LogP contribution in [0.4, 0.5) is 5.00 Å². The van der Waals surface area contributed by atoms with Crippen LogP contribution in [-0.2, 0) is 9.53 Å². The van der Waals surface area contributed by atoms with Crippen molar-refractivity contribution in [2.45, 2.75) is 6.92 Å². The van der Waals surface area contributed by atoms with E-state index < -0.39 is 11.9 Å². The van der Waals surface area contributed by atoms with Crippen molar-refractivity contribution >= 4 is 57.5 Å². The average molecular weight is 395 g/mol. The van der Waals surface area contributed by atoms with Gasteiger partial charge in [-0.25, -0.2) is 4.79 Å². The average Bonchev–Trinajstić information content (AvgIpc) is 2.89. The number of nitriles is 1. The zero-order valence-corrected chi connectivity index (χ0v) is 15.6. The summed E-state index contributed by atoms with van der Waals surface area (Å²) in [7, 11) is 1.25. The van der Waals surface area contributed by atoms with Crippen LogP contribution in [-0.4, -0.2) is 19.0 Å². The Morgan fingerprint density at radius 2 is 1.96 bits per heavy atom. The molecular weight excluding hydrogens is 383 g/mol. The van der Waals surface area contributed by atoms with Crippen LogP contribution in [0, 0.1) is 18.3 Å². The second kappa shape index (κ2) is 8.17. The summed E-state index contributed by atoms with van der Waals surface area (Å²) in [6.45, 7) is 1.62. The minimum atomic E-state index is -0.558. The molecule has 0 aliphatic heterocycles. The van der Waals surface area contributed by atoms with E-state index in [2.05, 4.69) is 10.1 Å². The van der Waals surface area contributed by atoms with Crippen LogP contribution in [0.15, 0.2) is 24.3 Å². The monoisotopic (exact) mass is 394 g/mol. The molecule has 0 saturated carbocycles. The first-order valence-corrected chi connectivity index (χ1v) is 8.51. The molecule has 128 valence electrons. The minimum Gasteiger partial charge on any atom is -0.465 e. The van der Waals surface area contributed by atoms with Crippen LogP contribution in [0.1, 0.15) is 26.4 Å². The highest BCUT2D eigenvalue weighted by atomic mass is 35.5. The molecule has 0 aliphatic carbocycles. The first-order valence-electron chi connectivity index (χ1n) is 6.94. The number of thiophene rings is 1. The first-order chi connectivity index (χ1) is 11.9. The minimum absolute atomic E-state index is 0.225. The van der Waals surface area contributed by atoms with Crippen molar-refractivity contribution in [3.05, 3.63) is 55.9 Å². The summed E-state index contributed by atoms with van der Waals surface area (Å²) in [5.74, 6) is -1.04. The lowest BCUT2D eigenvalue weighted by molar-refractivity contribution is -0.111. The number of hydrogen-bond donors (Lipinski definition) is 1. The molecule has 2 aromatic rings. The van der Waals surface area contributed by atoms with Gasteiger partial charge in [-0.15, -0.1) is 11.3 Å². The third-order valence-electron chi connectivity index (χ3n) is 3.27. The number of halogens is 2. The summed E-state index contributed by atoms with van der Waals surface area (Å²) in [5.41, 5.74) is 1.20. The first kappa shape index (κ1) is 19.0. The van der Waals surface area contributed by atoms with Crippen molar-refractivity contribution in [2.75, 3.05) is 12.4 Å². The number of methoxy groups -OCH3 is 1. The Labute approximate surface area is 158 Å². The van der Waals surface area contributed by atoms with Crippen LogP contribution < -0.4 is 5.32 Å². The van der Waals surface area contributed by atoms with E-state index in [0.29, 0.717) is 21.2 Å². The summed E-state index contributed by atoms with van der Waals surface area (Å²) in [5, 5.41) is 12.9. The van der Waals surface area contributed by atoms with E-state index >= 15 is 0 Å². The Kier molecular flexibility index (Phi) is 6.21. The SMILES string of the molecule is COC(=O)c1sc(NC(=O)C=Cc2c(Cl)cccc2Cl)c(C#N)c1C. The van der Waals surface area contributed by atoms with Crippen LogP contribution in [0.3, 0.4) is 0 Å². The highest BCUT2D eigenvalue weighted by molar-refractivity contribution is 7.18. The lowest BCUT2D eigenvalue weighted by atomic mass is 10.1. The Balaban J connectivity index is 2.25. The maximum atomic E-state index is 12.1. The molecule has 0 saturated heterocycles. The van der Waals surface area contributed by atoms with Crippen molar-refractivity contribution in [1.82, 2.24) is 0 Å². The third-order valence-corrected chi connectivity index (χ3v) is 5.11. The van der Waals surface area contributed by atoms with Gasteiger partial charge in [-0.3, -0.25) is 4.79 Å². The fourth-order valence-electron chi connectivity index (χ4n) is 2.01. The molecule has 1 heterocycles. The maximum Gasteiger partial charge on any atom is 0.348 e. The lowest BCUT2D eigenvalue weighted by Gasteiger charge is -2.02. The van der Waals surface area contributed by atoms with Gasteiger partial charge in [0, 0.05) is 21.7 Å². The number of carbonyl (C=O) groups excluding carboxylic acids is 2. The van der Waals surface area contributed by atoms with Gasteiger partial charge >= 0.3 is 5.97 Å². The molecule has 25 heavy (non-hydrogen) atoms. The summed E-state index contributed by atoms with van der Waals surface area (Å²) < 4.78 is 4.67. The molecule has 1 aromatic heterocycles. The fraction of sp³-hybridized carbons (Fsp3) is 0.118. The van der Waals surface area contributed by atoms with Crippen LogP contribution in [0.25, 0.3) is 6.08 Å². The summed E-state index contributed by atoms with van der Waals surface area (Å²) in [6, 6.07) is 6.99. The van der Waals surface area contributed by atoms with Crippen LogP contribution in [0.2, 0.25) is 10.0 Å². The predicted molar refractivity (Wildman–Crippen MR) is 99.2 cm³/mol. The van der Waals surface area contributed by atoms with Gasteiger partial charge in [0.1, 0.15) is 15.9 Å². The van der Waals surface area contributed by atoms with Crippen molar-refractivity contribution in [3.63, 3.8) is 0 Å². The van der Waals surface area contributed by atoms with Crippen LogP contribution >= 0.6 is 34.5 Å². The van der Waals surface area contributed by atoms with E-state index in [4.69, 9.17) is 23.2 Å². The Hall–Kier alpha value is -2.33. The maximum absolute atomic E-state index is 12.1. The van der Waals surface area contributed by atoms with Gasteiger partial charge in [0.2, 0.25) is 5.91 Å². The van der Waals surface area contributed by atoms with E-state index in [-0.39, 0.29) is 15.4 Å². The molecule has 8 heteroatoms. The Morgan fingerprint density at radius 3 is 2.52 bits per heavy atom. The number of ether oxygens (including phenoxy) is 1. The molecular formula is C17H12Cl2N2O3S. The largest absolute Gasteiger partial charge is 0.465 e. The molecule has 2 rings (SSSR count). The number of nitrogens with one attached hydrogen (secondary N) is 1. The highest BCUT2D eigenvalue weighted by Gasteiger charge is 2.21. The van der Waals surface area contributed by atoms with E-state index in [0.717, 1.165) is 11.3 Å². The number of hydrogen-bond acceptors (Lipinski definition) is 5. The van der Waals surface area contributed by atoms with E-state index in [1.807, 2.05) is 6.07 Å². The van der Waals surface area contributed by atoms with Gasteiger partial charge in [0.25, 0.3) is 0 Å². The second-order valence-corrected chi connectivity index (χ2v) is 6.66. The van der Waals surface area contributed by atoms with Crippen molar-refractivity contribution in [3.8, 4) is 6.07 Å². The fourth-order valence-corrected chi connectivity index (χ4v) is 3.61. The molecule has 1 amide bonds. The number of esters is 1. The quantitative estimate of drug-likeness (QED) is 0.603. The summed E-state index contributed by atoms with van der Waals surface area (Å²) in [6.07, 6.45) is 2.73. The smallest absolute Gasteiger partial charge is 0.348 e. The van der Waals surface area contributed by atoms with Gasteiger partial charge in [0.15, 0.2) is 0 Å². The number of anilines is 1. The number of benzene rings is 1. The lowest BCUT2D eigenvalue weighted by Crippen LogP contribution is -2.07. The van der Waals surface area contributed by atoms with Crippen molar-refractivity contribution in [2.24, 2.45) is 0 Å². The predicted octanol–water partition coefficient (Wildman–Crippen LogP) is 4.67.